The maximum Gasteiger partial charge on any atom is 0.124 e. The van der Waals surface area contributed by atoms with Gasteiger partial charge in [0, 0.05) is 28.7 Å². The predicted molar refractivity (Wildman–Crippen MR) is 117 cm³/mol. The van der Waals surface area contributed by atoms with Crippen molar-refractivity contribution in [3.63, 3.8) is 0 Å². The fraction of sp³-hybridized carbons (Fsp3) is 0.0435. The highest BCUT2D eigenvalue weighted by molar-refractivity contribution is 7.98. The van der Waals surface area contributed by atoms with Gasteiger partial charge in [0.05, 0.1) is 11.2 Å². The molecule has 0 saturated heterocycles. The molecule has 5 rings (SSSR count). The van der Waals surface area contributed by atoms with E-state index in [1.807, 2.05) is 28.9 Å². The monoisotopic (exact) mass is 419 g/mol. The van der Waals surface area contributed by atoms with Gasteiger partial charge < -0.3 is 0 Å². The largest absolute Gasteiger partial charge is 0.246 e. The molecule has 3 aromatic carbocycles. The van der Waals surface area contributed by atoms with Gasteiger partial charge in [-0.1, -0.05) is 71.9 Å². The molecule has 5 aromatic rings. The van der Waals surface area contributed by atoms with Crippen LogP contribution >= 0.6 is 23.4 Å². The van der Waals surface area contributed by atoms with Gasteiger partial charge in [-0.05, 0) is 34.5 Å². The second-order valence-corrected chi connectivity index (χ2v) is 8.01. The first-order valence-electron chi connectivity index (χ1n) is 9.08. The first-order valence-corrected chi connectivity index (χ1v) is 10.4. The van der Waals surface area contributed by atoms with Crippen LogP contribution in [0.2, 0.25) is 5.02 Å². The van der Waals surface area contributed by atoms with Crippen molar-refractivity contribution in [2.45, 2.75) is 10.8 Å². The zero-order valence-corrected chi connectivity index (χ0v) is 16.8. The Kier molecular flexibility index (Phi) is 4.70. The molecule has 0 unspecified atom stereocenters. The van der Waals surface area contributed by atoms with Crippen molar-refractivity contribution in [2.24, 2.45) is 0 Å². The van der Waals surface area contributed by atoms with Crippen molar-refractivity contribution in [1.29, 1.82) is 0 Å². The molecule has 0 fully saturated rings. The zero-order valence-electron chi connectivity index (χ0n) is 15.2. The molecular weight excluding hydrogens is 405 g/mol. The van der Waals surface area contributed by atoms with Gasteiger partial charge >= 0.3 is 0 Å². The molecule has 2 aromatic heterocycles. The van der Waals surface area contributed by atoms with Crippen LogP contribution in [0.4, 0.5) is 4.39 Å². The molecule has 2 heterocycles. The summed E-state index contributed by atoms with van der Waals surface area (Å²) in [6.07, 6.45) is 3.58. The maximum atomic E-state index is 13.3. The Morgan fingerprint density at radius 1 is 1.00 bits per heavy atom. The molecule has 0 atom stereocenters. The van der Waals surface area contributed by atoms with Crippen LogP contribution in [0.25, 0.3) is 27.5 Å². The van der Waals surface area contributed by atoms with E-state index >= 15 is 0 Å². The minimum atomic E-state index is -0.334. The maximum absolute atomic E-state index is 13.3. The number of aromatic nitrogens is 3. The molecule has 0 amide bonds. The van der Waals surface area contributed by atoms with Crippen molar-refractivity contribution in [2.75, 3.05) is 0 Å². The molecule has 0 N–H and O–H groups in total. The topological polar surface area (TPSA) is 30.2 Å². The van der Waals surface area contributed by atoms with E-state index in [1.165, 1.54) is 22.9 Å². The zero-order chi connectivity index (χ0) is 19.8. The van der Waals surface area contributed by atoms with Gasteiger partial charge in [-0.15, -0.1) is 0 Å². The predicted octanol–water partition coefficient (Wildman–Crippen LogP) is 6.63. The number of nitrogens with zero attached hydrogens (tertiary/aromatic N) is 3. The normalized spacial score (nSPS) is 11.4. The summed E-state index contributed by atoms with van der Waals surface area (Å²) in [6.45, 7) is 0. The molecule has 0 spiro atoms. The summed E-state index contributed by atoms with van der Waals surface area (Å²) in [5.74, 6) is 0.264. The molecule has 0 saturated carbocycles. The first kappa shape index (κ1) is 18.2. The SMILES string of the molecule is Fc1ccc(CSc2nccn3nc(-c4cccc5ccccc45)cc23)c(Cl)c1. The highest BCUT2D eigenvalue weighted by Crippen LogP contribution is 2.32. The van der Waals surface area contributed by atoms with Crippen molar-refractivity contribution in [3.05, 3.63) is 95.5 Å². The summed E-state index contributed by atoms with van der Waals surface area (Å²) in [5.41, 5.74) is 3.79. The van der Waals surface area contributed by atoms with E-state index in [9.17, 15) is 4.39 Å². The lowest BCUT2D eigenvalue weighted by Gasteiger charge is -2.05. The van der Waals surface area contributed by atoms with Crippen LogP contribution in [-0.4, -0.2) is 14.6 Å². The lowest BCUT2D eigenvalue weighted by atomic mass is 10.0. The third kappa shape index (κ3) is 3.48. The van der Waals surface area contributed by atoms with Gasteiger partial charge in [-0.3, -0.25) is 0 Å². The van der Waals surface area contributed by atoms with E-state index in [2.05, 4.69) is 35.3 Å². The van der Waals surface area contributed by atoms with E-state index in [0.29, 0.717) is 10.8 Å². The van der Waals surface area contributed by atoms with Crippen LogP contribution in [0.5, 0.6) is 0 Å². The average molecular weight is 420 g/mol. The van der Waals surface area contributed by atoms with Crippen molar-refractivity contribution in [3.8, 4) is 11.3 Å². The third-order valence-corrected chi connectivity index (χ3v) is 6.19. The van der Waals surface area contributed by atoms with Crippen molar-refractivity contribution < 1.29 is 4.39 Å². The van der Waals surface area contributed by atoms with E-state index in [1.54, 1.807) is 24.0 Å². The third-order valence-electron chi connectivity index (χ3n) is 4.80. The Morgan fingerprint density at radius 3 is 2.76 bits per heavy atom. The van der Waals surface area contributed by atoms with E-state index < -0.39 is 0 Å². The summed E-state index contributed by atoms with van der Waals surface area (Å²) in [5, 5.41) is 8.39. The molecule has 0 aliphatic carbocycles. The van der Waals surface area contributed by atoms with Gasteiger partial charge in [-0.2, -0.15) is 5.10 Å². The van der Waals surface area contributed by atoms with Crippen LogP contribution < -0.4 is 0 Å². The van der Waals surface area contributed by atoms with E-state index in [0.717, 1.165) is 27.4 Å². The molecule has 0 radical (unpaired) electrons. The summed E-state index contributed by atoms with van der Waals surface area (Å²) < 4.78 is 15.1. The number of hydrogen-bond donors (Lipinski definition) is 0. The highest BCUT2D eigenvalue weighted by atomic mass is 35.5. The second-order valence-electron chi connectivity index (χ2n) is 6.64. The minimum absolute atomic E-state index is 0.334. The Morgan fingerprint density at radius 2 is 1.86 bits per heavy atom. The van der Waals surface area contributed by atoms with E-state index in [4.69, 9.17) is 16.7 Å². The molecule has 0 aliphatic heterocycles. The molecule has 6 heteroatoms. The van der Waals surface area contributed by atoms with Gasteiger partial charge in [0.1, 0.15) is 10.8 Å². The second kappa shape index (κ2) is 7.50. The summed E-state index contributed by atoms with van der Waals surface area (Å²) >= 11 is 7.72. The van der Waals surface area contributed by atoms with Crippen molar-refractivity contribution in [1.82, 2.24) is 14.6 Å². The molecule has 29 heavy (non-hydrogen) atoms. The Bertz CT molecular complexity index is 1340. The quantitative estimate of drug-likeness (QED) is 0.306. The molecule has 0 aliphatic rings. The lowest BCUT2D eigenvalue weighted by molar-refractivity contribution is 0.627. The Labute approximate surface area is 176 Å². The number of halogens is 2. The fourth-order valence-electron chi connectivity index (χ4n) is 3.37. The van der Waals surface area contributed by atoms with Gasteiger partial charge in [0.15, 0.2) is 0 Å². The molecule has 3 nitrogen and oxygen atoms in total. The van der Waals surface area contributed by atoms with Crippen LogP contribution in [-0.2, 0) is 5.75 Å². The van der Waals surface area contributed by atoms with Gasteiger partial charge in [0.2, 0.25) is 0 Å². The average Bonchev–Trinajstić information content (AvgIpc) is 3.17. The van der Waals surface area contributed by atoms with Crippen LogP contribution in [0, 0.1) is 5.82 Å². The number of rotatable bonds is 4. The van der Waals surface area contributed by atoms with Crippen molar-refractivity contribution >= 4 is 39.7 Å². The number of thioether (sulfide) groups is 1. The number of fused-ring (bicyclic) bond motifs is 2. The van der Waals surface area contributed by atoms with E-state index in [-0.39, 0.29) is 5.82 Å². The fourth-order valence-corrected chi connectivity index (χ4v) is 4.67. The van der Waals surface area contributed by atoms with Gasteiger partial charge in [0.25, 0.3) is 0 Å². The van der Waals surface area contributed by atoms with Crippen LogP contribution in [0.3, 0.4) is 0 Å². The summed E-state index contributed by atoms with van der Waals surface area (Å²) in [7, 11) is 0. The Hall–Kier alpha value is -2.89. The van der Waals surface area contributed by atoms with Crippen LogP contribution in [0.1, 0.15) is 5.56 Å². The van der Waals surface area contributed by atoms with Crippen LogP contribution in [0.15, 0.2) is 84.1 Å². The number of hydrogen-bond acceptors (Lipinski definition) is 3. The lowest BCUT2D eigenvalue weighted by Crippen LogP contribution is -1.92. The summed E-state index contributed by atoms with van der Waals surface area (Å²) in [4.78, 5) is 4.52. The standard InChI is InChI=1S/C23H15ClFN3S/c24-20-12-17(25)9-8-16(20)14-29-23-22-13-21(27-28(22)11-10-26-23)19-7-3-5-15-4-1-2-6-18(15)19/h1-13H,14H2. The molecule has 142 valence electrons. The summed E-state index contributed by atoms with van der Waals surface area (Å²) in [6, 6.07) is 21.1. The smallest absolute Gasteiger partial charge is 0.124 e. The molecular formula is C23H15ClFN3S. The number of benzene rings is 3. The van der Waals surface area contributed by atoms with Gasteiger partial charge in [-0.25, -0.2) is 13.9 Å². The first-order chi connectivity index (χ1) is 14.2. The Balaban J connectivity index is 1.53. The minimum Gasteiger partial charge on any atom is -0.246 e. The highest BCUT2D eigenvalue weighted by Gasteiger charge is 2.12. The molecule has 0 bridgehead atoms.